The van der Waals surface area contributed by atoms with E-state index in [0.717, 1.165) is 5.69 Å². The van der Waals surface area contributed by atoms with Crippen LogP contribution in [0.1, 0.15) is 90.5 Å². The van der Waals surface area contributed by atoms with Crippen LogP contribution in [0.2, 0.25) is 0 Å². The first-order valence-electron chi connectivity index (χ1n) is 29.7. The third-order valence-electron chi connectivity index (χ3n) is 14.5. The van der Waals surface area contributed by atoms with E-state index >= 15 is 0 Å². The van der Waals surface area contributed by atoms with Crippen LogP contribution in [0.4, 0.5) is 5.69 Å². The molecule has 1 aliphatic heterocycles. The second kappa shape index (κ2) is 35.9. The SMILES string of the molecule is CC(C)C[C@H](NS(=O)(=O)c1cccc2c(N(C)C)cccc12)C(=O)N1CCC[C@H]1C(=O)N[C@@H](CCCCN)C(=O)N[C@H](C(=O)NCC(=O)NCC(=O)N[C@@H](Cc1ccc(O)cc1)C(=O)N[C@@H](CCCN=C(N)N)C(=O)N[C@@H](CCCN=C(N)N)C(N)=O)[C@@H](C)O. The summed E-state index contributed by atoms with van der Waals surface area (Å²) < 4.78 is 31.0. The van der Waals surface area contributed by atoms with E-state index in [9.17, 15) is 61.8 Å². The van der Waals surface area contributed by atoms with Crippen molar-refractivity contribution in [2.45, 2.75) is 145 Å². The van der Waals surface area contributed by atoms with Crippen LogP contribution in [0.5, 0.6) is 5.75 Å². The number of sulfonamides is 1. The molecule has 1 fully saturated rings. The molecule has 1 heterocycles. The molecular weight excluding hydrogens is 1190 g/mol. The number of fused-ring (bicyclic) bond motifs is 1. The molecule has 0 spiro atoms. The molecule has 1 saturated heterocycles. The molecule has 0 saturated carbocycles. The zero-order valence-corrected chi connectivity index (χ0v) is 52.4. The molecule has 0 radical (unpaired) electrons. The van der Waals surface area contributed by atoms with Crippen molar-refractivity contribution in [2.75, 3.05) is 58.3 Å². The second-order valence-electron chi connectivity index (χ2n) is 22.5. The molecular formula is C58H90N18O13S. The molecule has 0 aliphatic carbocycles. The van der Waals surface area contributed by atoms with Crippen molar-refractivity contribution in [3.8, 4) is 5.75 Å². The lowest BCUT2D eigenvalue weighted by Gasteiger charge is -2.31. The monoisotopic (exact) mass is 1280 g/mol. The summed E-state index contributed by atoms with van der Waals surface area (Å²) in [5.41, 5.74) is 34.2. The van der Waals surface area contributed by atoms with Gasteiger partial charge in [0.15, 0.2) is 11.9 Å². The molecule has 9 amide bonds. The number of aromatic hydroxyl groups is 1. The number of aliphatic hydroxyl groups excluding tert-OH is 1. The highest BCUT2D eigenvalue weighted by Crippen LogP contribution is 2.31. The molecule has 4 rings (SSSR count). The number of phenols is 1. The van der Waals surface area contributed by atoms with Crippen LogP contribution in [-0.4, -0.2) is 190 Å². The molecule has 1 aliphatic rings. The molecule has 3 aromatic rings. The van der Waals surface area contributed by atoms with Gasteiger partial charge in [-0.3, -0.25) is 53.1 Å². The fourth-order valence-electron chi connectivity index (χ4n) is 9.95. The summed E-state index contributed by atoms with van der Waals surface area (Å²) in [5, 5.41) is 39.2. The van der Waals surface area contributed by atoms with Crippen molar-refractivity contribution >= 4 is 91.6 Å². The predicted octanol–water partition coefficient (Wildman–Crippen LogP) is -3.70. The minimum absolute atomic E-state index is 0.0134. The van der Waals surface area contributed by atoms with Gasteiger partial charge in [-0.25, -0.2) is 8.42 Å². The number of rotatable bonds is 37. The number of anilines is 1. The summed E-state index contributed by atoms with van der Waals surface area (Å²) in [5.74, 6) is -8.35. The fraction of sp³-hybridized carbons (Fsp3) is 0.534. The Labute approximate surface area is 523 Å². The number of amides is 9. The number of carbonyl (C=O) groups is 9. The maximum absolute atomic E-state index is 14.5. The van der Waals surface area contributed by atoms with E-state index in [1.165, 1.54) is 42.2 Å². The first-order chi connectivity index (χ1) is 42.5. The number of benzene rings is 3. The third kappa shape index (κ3) is 23.6. The number of nitrogens with zero attached hydrogens (tertiary/aromatic N) is 4. The lowest BCUT2D eigenvalue weighted by Crippen LogP contribution is -2.60. The first kappa shape index (κ1) is 73.6. The van der Waals surface area contributed by atoms with E-state index in [1.807, 2.05) is 38.9 Å². The van der Waals surface area contributed by atoms with E-state index in [-0.39, 0.29) is 106 Å². The van der Waals surface area contributed by atoms with Gasteiger partial charge in [0.2, 0.25) is 63.2 Å². The minimum Gasteiger partial charge on any atom is -0.508 e. The molecule has 496 valence electrons. The van der Waals surface area contributed by atoms with Crippen LogP contribution >= 0.6 is 0 Å². The number of likely N-dealkylation sites (tertiary alicyclic amines) is 1. The number of nitrogens with one attached hydrogen (secondary N) is 8. The van der Waals surface area contributed by atoms with E-state index < -0.39 is 125 Å². The first-order valence-corrected chi connectivity index (χ1v) is 31.1. The van der Waals surface area contributed by atoms with Crippen LogP contribution in [0.25, 0.3) is 10.8 Å². The van der Waals surface area contributed by atoms with E-state index in [2.05, 4.69) is 51.9 Å². The maximum Gasteiger partial charge on any atom is 0.245 e. The molecule has 22 N–H and O–H groups in total. The normalized spacial score (nSPS) is 15.3. The molecule has 0 aromatic heterocycles. The standard InChI is InChI=1S/C58H90N18O13S/c1-33(2)29-43(74-90(88,89)46-20-9-13-37-38(46)14-8-18-44(37)75(4)5)56(87)76-28-12-19-45(76)54(85)72-40(15-6-7-25-59)52(83)73-49(34(3)77)55(86)68-31-47(79)67-32-48(80)69-42(30-35-21-23-36(78)24-22-35)53(84)71-41(17-11-27-66-58(63)64)51(82)70-39(50(60)81)16-10-26-65-57(61)62/h8-9,13-14,18,20-24,33-34,39-43,45,49,74,77-78H,6-7,10-12,15-17,19,25-32,59H2,1-5H3,(H2,60,81)(H,67,79)(H,68,86)(H,69,80)(H,70,82)(H,71,84)(H,72,85)(H,73,83)(H4,61,62,65)(H4,63,64,66)/t34-,39+,40+,41+,42+,43+,45+,49+/m1/s1. The summed E-state index contributed by atoms with van der Waals surface area (Å²) in [7, 11) is -0.647. The van der Waals surface area contributed by atoms with Gasteiger partial charge in [0.25, 0.3) is 0 Å². The van der Waals surface area contributed by atoms with Crippen molar-refractivity contribution in [2.24, 2.45) is 50.3 Å². The van der Waals surface area contributed by atoms with E-state index in [0.29, 0.717) is 35.6 Å². The van der Waals surface area contributed by atoms with E-state index in [1.54, 1.807) is 24.3 Å². The average Bonchev–Trinajstić information content (AvgIpc) is 0.911. The molecule has 8 atom stereocenters. The maximum atomic E-state index is 14.5. The Hall–Kier alpha value is -8.88. The van der Waals surface area contributed by atoms with Crippen molar-refractivity contribution < 1.29 is 61.8 Å². The highest BCUT2D eigenvalue weighted by molar-refractivity contribution is 7.89. The van der Waals surface area contributed by atoms with Crippen LogP contribution < -0.4 is 81.2 Å². The van der Waals surface area contributed by atoms with Crippen LogP contribution in [0.15, 0.2) is 75.5 Å². The largest absolute Gasteiger partial charge is 0.508 e. The Morgan fingerprint density at radius 2 is 1.22 bits per heavy atom. The summed E-state index contributed by atoms with van der Waals surface area (Å²) in [4.78, 5) is 134. The highest BCUT2D eigenvalue weighted by Gasteiger charge is 2.41. The number of hydrogen-bond donors (Lipinski definition) is 16. The topological polar surface area (TPSA) is 512 Å². The number of aliphatic imine (C=N–C) groups is 2. The molecule has 0 unspecified atom stereocenters. The molecule has 90 heavy (non-hydrogen) atoms. The Bertz CT molecular complexity index is 3140. The van der Waals surface area contributed by atoms with Gasteiger partial charge in [0.1, 0.15) is 48.0 Å². The summed E-state index contributed by atoms with van der Waals surface area (Å²) in [6, 6.07) is 6.47. The number of phenolic OH excluding ortho intramolecular Hbond substituents is 1. The molecule has 0 bridgehead atoms. The number of guanidine groups is 2. The molecule has 3 aromatic carbocycles. The number of hydrogen-bond acceptors (Lipinski definition) is 17. The zero-order chi connectivity index (χ0) is 66.8. The van der Waals surface area contributed by atoms with Gasteiger partial charge in [-0.1, -0.05) is 50.2 Å². The lowest BCUT2D eigenvalue weighted by atomic mass is 10.0. The average molecular weight is 1280 g/mol. The summed E-state index contributed by atoms with van der Waals surface area (Å²) in [6.45, 7) is 3.85. The van der Waals surface area contributed by atoms with Crippen molar-refractivity contribution in [3.63, 3.8) is 0 Å². The quantitative estimate of drug-likeness (QED) is 0.0150. The van der Waals surface area contributed by atoms with Crippen LogP contribution in [0.3, 0.4) is 0 Å². The highest BCUT2D eigenvalue weighted by atomic mass is 32.2. The Balaban J connectivity index is 1.43. The van der Waals surface area contributed by atoms with Crippen LogP contribution in [0, 0.1) is 5.92 Å². The summed E-state index contributed by atoms with van der Waals surface area (Å²) >= 11 is 0. The molecule has 31 nitrogen and oxygen atoms in total. The number of aliphatic hydroxyl groups is 1. The van der Waals surface area contributed by atoms with Gasteiger partial charge in [-0.15, -0.1) is 0 Å². The zero-order valence-electron chi connectivity index (χ0n) is 51.5. The molecule has 32 heteroatoms. The second-order valence-corrected chi connectivity index (χ2v) is 24.2. The summed E-state index contributed by atoms with van der Waals surface area (Å²) in [6.07, 6.45) is 0.0549. The number of primary amides is 1. The van der Waals surface area contributed by atoms with Gasteiger partial charge in [-0.2, -0.15) is 4.72 Å². The lowest BCUT2D eigenvalue weighted by molar-refractivity contribution is -0.141. The van der Waals surface area contributed by atoms with Gasteiger partial charge in [0, 0.05) is 56.6 Å². The van der Waals surface area contributed by atoms with E-state index in [4.69, 9.17) is 34.4 Å². The van der Waals surface area contributed by atoms with Gasteiger partial charge >= 0.3 is 0 Å². The van der Waals surface area contributed by atoms with Crippen LogP contribution in [-0.2, 0) is 59.6 Å². The smallest absolute Gasteiger partial charge is 0.245 e. The van der Waals surface area contributed by atoms with Gasteiger partial charge < -0.3 is 91.6 Å². The predicted molar refractivity (Wildman–Crippen MR) is 338 cm³/mol. The number of carbonyl (C=O) groups excluding carboxylic acids is 9. The number of unbranched alkanes of at least 4 members (excludes halogenated alkanes) is 1. The van der Waals surface area contributed by atoms with Crippen molar-refractivity contribution in [3.05, 3.63) is 66.2 Å². The Kier molecular flexibility index (Phi) is 29.4. The Morgan fingerprint density at radius 3 is 1.82 bits per heavy atom. The Morgan fingerprint density at radius 1 is 0.656 bits per heavy atom. The third-order valence-corrected chi connectivity index (χ3v) is 16.0. The minimum atomic E-state index is -4.32. The number of nitrogens with two attached hydrogens (primary N) is 6. The van der Waals surface area contributed by atoms with Gasteiger partial charge in [0.05, 0.1) is 24.1 Å². The van der Waals surface area contributed by atoms with Crippen molar-refractivity contribution in [1.82, 2.24) is 46.8 Å². The fourth-order valence-corrected chi connectivity index (χ4v) is 11.4. The van der Waals surface area contributed by atoms with Crippen molar-refractivity contribution in [1.29, 1.82) is 0 Å². The van der Waals surface area contributed by atoms with Gasteiger partial charge in [-0.05, 0) is 113 Å².